The summed E-state index contributed by atoms with van der Waals surface area (Å²) in [6, 6.07) is 6.18. The highest BCUT2D eigenvalue weighted by atomic mass is 19.4. The Morgan fingerprint density at radius 1 is 1.25 bits per heavy atom. The molecule has 3 rings (SSSR count). The normalized spacial score (nSPS) is 30.1. The molecule has 2 atom stereocenters. The molecule has 0 unspecified atom stereocenters. The summed E-state index contributed by atoms with van der Waals surface area (Å²) in [7, 11) is 0. The van der Waals surface area contributed by atoms with Gasteiger partial charge >= 0.3 is 6.36 Å². The molecule has 2 aliphatic heterocycles. The second-order valence-corrected chi connectivity index (χ2v) is 4.95. The van der Waals surface area contributed by atoms with Crippen molar-refractivity contribution in [3.8, 4) is 5.75 Å². The lowest BCUT2D eigenvalue weighted by Gasteiger charge is -2.38. The Morgan fingerprint density at radius 3 is 2.85 bits per heavy atom. The fourth-order valence-electron chi connectivity index (χ4n) is 2.86. The van der Waals surface area contributed by atoms with Crippen molar-refractivity contribution in [2.75, 3.05) is 19.8 Å². The predicted octanol–water partition coefficient (Wildman–Crippen LogP) is 2.35. The van der Waals surface area contributed by atoms with Crippen LogP contribution in [0.3, 0.4) is 0 Å². The van der Waals surface area contributed by atoms with E-state index in [9.17, 15) is 13.2 Å². The fourth-order valence-corrected chi connectivity index (χ4v) is 2.86. The van der Waals surface area contributed by atoms with Crippen LogP contribution >= 0.6 is 0 Å². The van der Waals surface area contributed by atoms with Crippen molar-refractivity contribution in [3.63, 3.8) is 0 Å². The van der Waals surface area contributed by atoms with Crippen LogP contribution in [0.15, 0.2) is 24.3 Å². The quantitative estimate of drug-likeness (QED) is 0.907. The van der Waals surface area contributed by atoms with Crippen LogP contribution in [0, 0.1) is 5.92 Å². The second-order valence-electron chi connectivity index (χ2n) is 4.95. The monoisotopic (exact) mass is 289 g/mol. The standard InChI is InChI=1S/C13H14F3NO3/c14-13(15,16)20-11-4-2-1-3-10(11)12-5-6-18-7-9(12)8-19-17-12/h1-4,9,17H,5-8H2/t9-,12-/m0/s1. The summed E-state index contributed by atoms with van der Waals surface area (Å²) in [5, 5.41) is 0. The van der Waals surface area contributed by atoms with Gasteiger partial charge in [0.05, 0.1) is 18.8 Å². The average Bonchev–Trinajstić information content (AvgIpc) is 2.82. The van der Waals surface area contributed by atoms with Crippen molar-refractivity contribution in [2.45, 2.75) is 18.3 Å². The maximum Gasteiger partial charge on any atom is 0.573 e. The highest BCUT2D eigenvalue weighted by Crippen LogP contribution is 2.44. The smallest absolute Gasteiger partial charge is 0.405 e. The third kappa shape index (κ3) is 2.36. The van der Waals surface area contributed by atoms with Gasteiger partial charge in [0.25, 0.3) is 0 Å². The fraction of sp³-hybridized carbons (Fsp3) is 0.538. The van der Waals surface area contributed by atoms with E-state index < -0.39 is 11.9 Å². The van der Waals surface area contributed by atoms with E-state index >= 15 is 0 Å². The number of alkyl halides is 3. The zero-order chi connectivity index (χ0) is 14.2. The van der Waals surface area contributed by atoms with Crippen molar-refractivity contribution >= 4 is 0 Å². The number of halogens is 3. The van der Waals surface area contributed by atoms with Gasteiger partial charge in [-0.25, -0.2) is 0 Å². The first-order chi connectivity index (χ1) is 9.51. The van der Waals surface area contributed by atoms with Gasteiger partial charge in [0.2, 0.25) is 0 Å². The summed E-state index contributed by atoms with van der Waals surface area (Å²) in [4.78, 5) is 5.27. The highest BCUT2D eigenvalue weighted by molar-refractivity contribution is 5.40. The summed E-state index contributed by atoms with van der Waals surface area (Å²) in [6.07, 6.45) is -4.18. The molecule has 0 aliphatic carbocycles. The van der Waals surface area contributed by atoms with Crippen molar-refractivity contribution in [3.05, 3.63) is 29.8 Å². The number of hydrogen-bond donors (Lipinski definition) is 1. The van der Waals surface area contributed by atoms with E-state index in [1.165, 1.54) is 12.1 Å². The molecular formula is C13H14F3NO3. The number of rotatable bonds is 2. The molecule has 0 amide bonds. The van der Waals surface area contributed by atoms with Crippen LogP contribution in [-0.4, -0.2) is 26.2 Å². The van der Waals surface area contributed by atoms with Crippen molar-refractivity contribution in [2.24, 2.45) is 5.92 Å². The van der Waals surface area contributed by atoms with E-state index in [-0.39, 0.29) is 11.7 Å². The molecule has 1 aromatic rings. The Kier molecular flexibility index (Phi) is 3.35. The average molecular weight is 289 g/mol. The van der Waals surface area contributed by atoms with E-state index in [0.717, 1.165) is 0 Å². The third-order valence-electron chi connectivity index (χ3n) is 3.79. The molecule has 0 radical (unpaired) electrons. The predicted molar refractivity (Wildman–Crippen MR) is 62.8 cm³/mol. The first-order valence-corrected chi connectivity index (χ1v) is 6.33. The van der Waals surface area contributed by atoms with Gasteiger partial charge in [-0.1, -0.05) is 18.2 Å². The van der Waals surface area contributed by atoms with Crippen LogP contribution in [0.2, 0.25) is 0 Å². The zero-order valence-electron chi connectivity index (χ0n) is 10.6. The van der Waals surface area contributed by atoms with Crippen LogP contribution in [0.4, 0.5) is 13.2 Å². The lowest BCUT2D eigenvalue weighted by molar-refractivity contribution is -0.275. The van der Waals surface area contributed by atoms with Gasteiger partial charge in [0.1, 0.15) is 5.75 Å². The minimum Gasteiger partial charge on any atom is -0.405 e. The Morgan fingerprint density at radius 2 is 2.05 bits per heavy atom. The number of hydrogen-bond acceptors (Lipinski definition) is 4. The number of nitrogens with one attached hydrogen (secondary N) is 1. The summed E-state index contributed by atoms with van der Waals surface area (Å²) in [5.41, 5.74) is 2.67. The van der Waals surface area contributed by atoms with Crippen LogP contribution < -0.4 is 10.2 Å². The molecule has 7 heteroatoms. The highest BCUT2D eigenvalue weighted by Gasteiger charge is 2.49. The molecule has 2 saturated heterocycles. The number of hydroxylamine groups is 1. The van der Waals surface area contributed by atoms with E-state index in [1.807, 2.05) is 0 Å². The molecule has 2 aliphatic rings. The van der Waals surface area contributed by atoms with E-state index in [0.29, 0.717) is 31.8 Å². The Bertz CT molecular complexity index is 494. The molecule has 1 N–H and O–H groups in total. The molecule has 0 aromatic heterocycles. The number of fused-ring (bicyclic) bond motifs is 1. The minimum atomic E-state index is -4.72. The first kappa shape index (κ1) is 13.7. The molecule has 0 bridgehead atoms. The van der Waals surface area contributed by atoms with Gasteiger partial charge in [-0.3, -0.25) is 0 Å². The summed E-state index contributed by atoms with van der Waals surface area (Å²) >= 11 is 0. The Hall–Kier alpha value is -1.31. The van der Waals surface area contributed by atoms with Gasteiger partial charge in [-0.2, -0.15) is 5.48 Å². The molecule has 0 saturated carbocycles. The lowest BCUT2D eigenvalue weighted by Crippen LogP contribution is -2.47. The van der Waals surface area contributed by atoms with Crippen LogP contribution in [-0.2, 0) is 15.1 Å². The largest absolute Gasteiger partial charge is 0.573 e. The van der Waals surface area contributed by atoms with Gasteiger partial charge in [0.15, 0.2) is 0 Å². The lowest BCUT2D eigenvalue weighted by atomic mass is 9.76. The Balaban J connectivity index is 2.00. The van der Waals surface area contributed by atoms with Crippen LogP contribution in [0.5, 0.6) is 5.75 Å². The van der Waals surface area contributed by atoms with E-state index in [2.05, 4.69) is 10.2 Å². The topological polar surface area (TPSA) is 39.7 Å². The van der Waals surface area contributed by atoms with E-state index in [4.69, 9.17) is 9.57 Å². The maximum absolute atomic E-state index is 12.5. The zero-order valence-corrected chi connectivity index (χ0v) is 10.6. The van der Waals surface area contributed by atoms with Gasteiger partial charge < -0.3 is 14.3 Å². The summed E-state index contributed by atoms with van der Waals surface area (Å²) in [6.45, 7) is 1.32. The molecule has 1 aromatic carbocycles. The summed E-state index contributed by atoms with van der Waals surface area (Å²) in [5.74, 6) is -0.223. The SMILES string of the molecule is FC(F)(F)Oc1ccccc1[C@]12CCOC[C@H]1CON2. The van der Waals surface area contributed by atoms with Crippen molar-refractivity contribution in [1.29, 1.82) is 0 Å². The minimum absolute atomic E-state index is 0.0331. The first-order valence-electron chi connectivity index (χ1n) is 6.33. The molecule has 20 heavy (non-hydrogen) atoms. The van der Waals surface area contributed by atoms with Gasteiger partial charge in [0, 0.05) is 18.1 Å². The van der Waals surface area contributed by atoms with Crippen molar-refractivity contribution < 1.29 is 27.5 Å². The molecule has 2 heterocycles. The van der Waals surface area contributed by atoms with Gasteiger partial charge in [-0.15, -0.1) is 13.2 Å². The molecular weight excluding hydrogens is 275 g/mol. The third-order valence-corrected chi connectivity index (χ3v) is 3.79. The number of benzene rings is 1. The van der Waals surface area contributed by atoms with Crippen LogP contribution in [0.1, 0.15) is 12.0 Å². The Labute approximate surface area is 113 Å². The molecule has 2 fully saturated rings. The van der Waals surface area contributed by atoms with Crippen LogP contribution in [0.25, 0.3) is 0 Å². The molecule has 0 spiro atoms. The van der Waals surface area contributed by atoms with E-state index in [1.54, 1.807) is 12.1 Å². The molecule has 4 nitrogen and oxygen atoms in total. The summed E-state index contributed by atoms with van der Waals surface area (Å²) < 4.78 is 47.1. The molecule has 110 valence electrons. The number of para-hydroxylation sites is 1. The van der Waals surface area contributed by atoms with Crippen molar-refractivity contribution in [1.82, 2.24) is 5.48 Å². The van der Waals surface area contributed by atoms with Gasteiger partial charge in [-0.05, 0) is 12.5 Å². The second kappa shape index (κ2) is 4.91. The maximum atomic E-state index is 12.5. The number of ether oxygens (including phenoxy) is 2.